The zero-order valence-electron chi connectivity index (χ0n) is 13.5. The summed E-state index contributed by atoms with van der Waals surface area (Å²) in [4.78, 5) is 24.3. The van der Waals surface area contributed by atoms with E-state index in [0.29, 0.717) is 17.9 Å². The summed E-state index contributed by atoms with van der Waals surface area (Å²) in [5.41, 5.74) is 2.99. The van der Waals surface area contributed by atoms with Crippen molar-refractivity contribution in [2.75, 3.05) is 17.2 Å². The van der Waals surface area contributed by atoms with Gasteiger partial charge in [0.15, 0.2) is 0 Å². The van der Waals surface area contributed by atoms with Crippen molar-refractivity contribution >= 4 is 23.2 Å². The third-order valence-corrected chi connectivity index (χ3v) is 4.03. The third kappa shape index (κ3) is 3.81. The first kappa shape index (κ1) is 16.2. The number of anilines is 2. The predicted molar refractivity (Wildman–Crippen MR) is 93.2 cm³/mol. The minimum atomic E-state index is -0.367. The molecule has 2 amide bonds. The van der Waals surface area contributed by atoms with Gasteiger partial charge in [-0.3, -0.25) is 9.59 Å². The molecular weight excluding hydrogens is 304 g/mol. The molecule has 0 bridgehead atoms. The van der Waals surface area contributed by atoms with Gasteiger partial charge in [-0.2, -0.15) is 0 Å². The maximum Gasteiger partial charge on any atom is 0.255 e. The van der Waals surface area contributed by atoms with Gasteiger partial charge in [-0.05, 0) is 55.7 Å². The maximum atomic E-state index is 12.3. The number of amides is 2. The van der Waals surface area contributed by atoms with Crippen LogP contribution in [0, 0.1) is 6.92 Å². The molecule has 2 N–H and O–H groups in total. The van der Waals surface area contributed by atoms with Crippen molar-refractivity contribution in [3.63, 3.8) is 0 Å². The number of benzene rings is 2. The molecule has 1 heterocycles. The van der Waals surface area contributed by atoms with Crippen LogP contribution in [0.15, 0.2) is 48.5 Å². The average molecular weight is 324 g/mol. The van der Waals surface area contributed by atoms with E-state index < -0.39 is 0 Å². The van der Waals surface area contributed by atoms with Crippen LogP contribution in [-0.4, -0.2) is 24.5 Å². The van der Waals surface area contributed by atoms with E-state index in [0.717, 1.165) is 24.1 Å². The summed E-state index contributed by atoms with van der Waals surface area (Å²) >= 11 is 0. The Hall–Kier alpha value is -2.66. The number of carbonyl (C=O) groups excluding carboxylic acids is 2. The van der Waals surface area contributed by atoms with E-state index in [1.54, 1.807) is 24.3 Å². The Morgan fingerprint density at radius 3 is 2.46 bits per heavy atom. The van der Waals surface area contributed by atoms with Crippen molar-refractivity contribution in [1.82, 2.24) is 0 Å². The molecule has 1 aliphatic heterocycles. The van der Waals surface area contributed by atoms with Gasteiger partial charge in [0.05, 0.1) is 0 Å². The lowest BCUT2D eigenvalue weighted by atomic mass is 10.1. The second-order valence-electron chi connectivity index (χ2n) is 5.84. The summed E-state index contributed by atoms with van der Waals surface area (Å²) in [5, 5.41) is 5.70. The van der Waals surface area contributed by atoms with Crippen LogP contribution in [0.1, 0.15) is 28.8 Å². The molecule has 1 atom stereocenters. The Morgan fingerprint density at radius 1 is 1.04 bits per heavy atom. The summed E-state index contributed by atoms with van der Waals surface area (Å²) in [6, 6.07) is 14.4. The van der Waals surface area contributed by atoms with Crippen LogP contribution in [0.25, 0.3) is 0 Å². The van der Waals surface area contributed by atoms with Crippen LogP contribution in [-0.2, 0) is 9.53 Å². The van der Waals surface area contributed by atoms with Gasteiger partial charge < -0.3 is 15.4 Å². The van der Waals surface area contributed by atoms with Crippen LogP contribution in [0.4, 0.5) is 11.4 Å². The fourth-order valence-corrected chi connectivity index (χ4v) is 2.62. The molecule has 2 aromatic carbocycles. The fraction of sp³-hybridized carbons (Fsp3) is 0.263. The van der Waals surface area contributed by atoms with Crippen molar-refractivity contribution in [3.8, 4) is 0 Å². The summed E-state index contributed by atoms with van der Waals surface area (Å²) in [5.74, 6) is -0.314. The van der Waals surface area contributed by atoms with E-state index in [1.165, 1.54) is 0 Å². The highest BCUT2D eigenvalue weighted by Crippen LogP contribution is 2.17. The average Bonchev–Trinajstić information content (AvgIpc) is 3.12. The zero-order chi connectivity index (χ0) is 16.9. The Bertz CT molecular complexity index is 735. The molecule has 0 unspecified atom stereocenters. The highest BCUT2D eigenvalue weighted by atomic mass is 16.5. The zero-order valence-corrected chi connectivity index (χ0v) is 13.5. The third-order valence-electron chi connectivity index (χ3n) is 4.03. The van der Waals surface area contributed by atoms with E-state index in [4.69, 9.17) is 4.74 Å². The highest BCUT2D eigenvalue weighted by molar-refractivity contribution is 6.05. The van der Waals surface area contributed by atoms with Crippen LogP contribution >= 0.6 is 0 Å². The number of ether oxygens (including phenoxy) is 1. The molecule has 1 fully saturated rings. The van der Waals surface area contributed by atoms with E-state index >= 15 is 0 Å². The van der Waals surface area contributed by atoms with Gasteiger partial charge in [0.2, 0.25) is 0 Å². The first-order chi connectivity index (χ1) is 11.6. The number of carbonyl (C=O) groups is 2. The Kier molecular flexibility index (Phi) is 4.91. The number of rotatable bonds is 4. The lowest BCUT2D eigenvalue weighted by Crippen LogP contribution is -2.26. The van der Waals surface area contributed by atoms with Crippen LogP contribution in [0.3, 0.4) is 0 Å². The normalized spacial score (nSPS) is 16.6. The molecule has 5 heteroatoms. The monoisotopic (exact) mass is 324 g/mol. The fourth-order valence-electron chi connectivity index (χ4n) is 2.62. The first-order valence-corrected chi connectivity index (χ1v) is 8.03. The lowest BCUT2D eigenvalue weighted by molar-refractivity contribution is -0.124. The summed E-state index contributed by atoms with van der Waals surface area (Å²) in [6.07, 6.45) is 1.30. The standard InChI is InChI=1S/C19H20N2O3/c1-13-5-2-3-6-16(13)21-18(22)14-8-10-15(11-9-14)20-19(23)17-7-4-12-24-17/h2-3,5-6,8-11,17H,4,7,12H2,1H3,(H,20,23)(H,21,22)/t17-/m0/s1. The van der Waals surface area contributed by atoms with E-state index in [9.17, 15) is 9.59 Å². The summed E-state index contributed by atoms with van der Waals surface area (Å²) in [7, 11) is 0. The van der Waals surface area contributed by atoms with Crippen LogP contribution < -0.4 is 10.6 Å². The van der Waals surface area contributed by atoms with Gasteiger partial charge in [0.25, 0.3) is 11.8 Å². The molecule has 5 nitrogen and oxygen atoms in total. The number of nitrogens with one attached hydrogen (secondary N) is 2. The molecule has 0 spiro atoms. The molecule has 2 aromatic rings. The number of para-hydroxylation sites is 1. The van der Waals surface area contributed by atoms with Crippen molar-refractivity contribution in [3.05, 3.63) is 59.7 Å². The van der Waals surface area contributed by atoms with Crippen molar-refractivity contribution < 1.29 is 14.3 Å². The van der Waals surface area contributed by atoms with Gasteiger partial charge in [-0.15, -0.1) is 0 Å². The van der Waals surface area contributed by atoms with Gasteiger partial charge in [-0.25, -0.2) is 0 Å². The van der Waals surface area contributed by atoms with Crippen LogP contribution in [0.2, 0.25) is 0 Å². The molecule has 124 valence electrons. The quantitative estimate of drug-likeness (QED) is 0.906. The maximum absolute atomic E-state index is 12.3. The lowest BCUT2D eigenvalue weighted by Gasteiger charge is -2.11. The number of hydrogen-bond acceptors (Lipinski definition) is 3. The summed E-state index contributed by atoms with van der Waals surface area (Å²) in [6.45, 7) is 2.58. The van der Waals surface area contributed by atoms with Crippen molar-refractivity contribution in [2.45, 2.75) is 25.9 Å². The highest BCUT2D eigenvalue weighted by Gasteiger charge is 2.23. The summed E-state index contributed by atoms with van der Waals surface area (Å²) < 4.78 is 5.35. The van der Waals surface area contributed by atoms with Crippen molar-refractivity contribution in [1.29, 1.82) is 0 Å². The minimum Gasteiger partial charge on any atom is -0.368 e. The molecule has 3 rings (SSSR count). The molecule has 0 saturated carbocycles. The van der Waals surface area contributed by atoms with Gasteiger partial charge >= 0.3 is 0 Å². The van der Waals surface area contributed by atoms with Gasteiger partial charge in [0, 0.05) is 23.5 Å². The second-order valence-corrected chi connectivity index (χ2v) is 5.84. The van der Waals surface area contributed by atoms with E-state index in [1.807, 2.05) is 31.2 Å². The Balaban J connectivity index is 1.62. The molecule has 0 aliphatic carbocycles. The molecule has 24 heavy (non-hydrogen) atoms. The smallest absolute Gasteiger partial charge is 0.255 e. The molecule has 1 saturated heterocycles. The predicted octanol–water partition coefficient (Wildman–Crippen LogP) is 3.36. The van der Waals surface area contributed by atoms with Crippen LogP contribution in [0.5, 0.6) is 0 Å². The Morgan fingerprint density at radius 2 is 1.79 bits per heavy atom. The molecular formula is C19H20N2O3. The molecule has 0 radical (unpaired) electrons. The number of aryl methyl sites for hydroxylation is 1. The van der Waals surface area contributed by atoms with Crippen molar-refractivity contribution in [2.24, 2.45) is 0 Å². The van der Waals surface area contributed by atoms with Gasteiger partial charge in [0.1, 0.15) is 6.10 Å². The SMILES string of the molecule is Cc1ccccc1NC(=O)c1ccc(NC(=O)[C@@H]2CCCO2)cc1. The number of hydrogen-bond donors (Lipinski definition) is 2. The van der Waals surface area contributed by atoms with Gasteiger partial charge in [-0.1, -0.05) is 18.2 Å². The molecule has 0 aromatic heterocycles. The molecule has 1 aliphatic rings. The second kappa shape index (κ2) is 7.27. The van der Waals surface area contributed by atoms with E-state index in [-0.39, 0.29) is 17.9 Å². The largest absolute Gasteiger partial charge is 0.368 e. The Labute approximate surface area is 141 Å². The minimum absolute atomic E-state index is 0.135. The first-order valence-electron chi connectivity index (χ1n) is 8.03. The topological polar surface area (TPSA) is 67.4 Å². The van der Waals surface area contributed by atoms with E-state index in [2.05, 4.69) is 10.6 Å².